The summed E-state index contributed by atoms with van der Waals surface area (Å²) in [7, 11) is 1.41. The van der Waals surface area contributed by atoms with Gasteiger partial charge in [0.1, 0.15) is 22.5 Å². The summed E-state index contributed by atoms with van der Waals surface area (Å²) < 4.78 is 56.5. The first-order valence-electron chi connectivity index (χ1n) is 14.0. The van der Waals surface area contributed by atoms with Crippen LogP contribution in [0.3, 0.4) is 0 Å². The first-order valence-corrected chi connectivity index (χ1v) is 16.9. The average molecular weight is 607 g/mol. The summed E-state index contributed by atoms with van der Waals surface area (Å²) in [6.07, 6.45) is 3.25. The van der Waals surface area contributed by atoms with Crippen LogP contribution in [0.2, 0.25) is 0 Å². The zero-order valence-corrected chi connectivity index (χ0v) is 27.1. The number of rotatable bonds is 14. The Labute approximate surface area is 250 Å². The second-order valence-electron chi connectivity index (χ2n) is 10.9. The van der Waals surface area contributed by atoms with Gasteiger partial charge in [0.15, 0.2) is 16.1 Å². The topological polar surface area (TPSA) is 80.3 Å². The lowest BCUT2D eigenvalue weighted by atomic mass is 9.84. The van der Waals surface area contributed by atoms with Crippen LogP contribution in [0, 0.1) is 17.8 Å². The van der Waals surface area contributed by atoms with Crippen LogP contribution in [0.4, 0.5) is 0 Å². The maximum Gasteiger partial charge on any atom is 0.191 e. The van der Waals surface area contributed by atoms with E-state index in [1.54, 1.807) is 45.6 Å². The summed E-state index contributed by atoms with van der Waals surface area (Å²) in [4.78, 5) is 0.323. The highest BCUT2D eigenvalue weighted by atomic mass is 32.3. The van der Waals surface area contributed by atoms with Crippen LogP contribution < -0.4 is 4.74 Å². The minimum Gasteiger partial charge on any atom is -0.497 e. The predicted octanol–water partition coefficient (Wildman–Crippen LogP) is 6.37. The van der Waals surface area contributed by atoms with Crippen LogP contribution in [-0.4, -0.2) is 65.2 Å². The highest BCUT2D eigenvalue weighted by Crippen LogP contribution is 2.36. The number of benzene rings is 2. The molecule has 3 rings (SSSR count). The SMILES string of the molecule is COc1ccc(COC(/C(C)=C/[C@@H](C)C(SC)S(=O)(=O)c2ccccc2)[C@@H](OC)[C@@H]2O[C@@H](OC)[C@@H](C)C[C@H]2C)cc1. The lowest BCUT2D eigenvalue weighted by Gasteiger charge is -2.43. The Morgan fingerprint density at radius 2 is 1.71 bits per heavy atom. The summed E-state index contributed by atoms with van der Waals surface area (Å²) in [6.45, 7) is 8.56. The molecule has 1 fully saturated rings. The fourth-order valence-corrected chi connectivity index (χ4v) is 9.03. The number of hydrogen-bond donors (Lipinski definition) is 0. The normalized spacial score (nSPS) is 24.8. The third-order valence-electron chi connectivity index (χ3n) is 7.79. The maximum atomic E-state index is 13.5. The molecule has 2 aromatic rings. The molecule has 0 bridgehead atoms. The van der Waals surface area contributed by atoms with Crippen molar-refractivity contribution in [1.29, 1.82) is 0 Å². The van der Waals surface area contributed by atoms with E-state index >= 15 is 0 Å². The smallest absolute Gasteiger partial charge is 0.191 e. The van der Waals surface area contributed by atoms with Crippen molar-refractivity contribution in [3.63, 3.8) is 0 Å². The van der Waals surface area contributed by atoms with Crippen molar-refractivity contribution in [2.45, 2.75) is 74.8 Å². The molecule has 9 heteroatoms. The Balaban J connectivity index is 1.94. The fraction of sp³-hybridized carbons (Fsp3) is 0.562. The van der Waals surface area contributed by atoms with E-state index in [9.17, 15) is 8.42 Å². The molecule has 2 aromatic carbocycles. The van der Waals surface area contributed by atoms with Gasteiger partial charge in [0.05, 0.1) is 24.7 Å². The molecule has 0 spiro atoms. The molecule has 0 amide bonds. The van der Waals surface area contributed by atoms with Gasteiger partial charge in [0.2, 0.25) is 0 Å². The summed E-state index contributed by atoms with van der Waals surface area (Å²) in [6, 6.07) is 16.4. The standard InChI is InChI=1S/C32H46O7S2/c1-21(19-24(4)32(40-8)41(33,34)27-12-10-9-11-13-27)28(38-20-25-14-16-26(35-5)17-15-25)30(36-6)29-22(2)18-23(3)31(37-7)39-29/h9-17,19,22-24,28-32H,18,20H2,1-8H3/b21-19+/t22-,23+,24-,28?,29-,30-,31-,32?/m1/s1. The average Bonchev–Trinajstić information content (AvgIpc) is 2.96. The van der Waals surface area contributed by atoms with Gasteiger partial charge in [-0.3, -0.25) is 0 Å². The first kappa shape index (κ1) is 33.6. The number of sulfone groups is 1. The van der Waals surface area contributed by atoms with Crippen molar-refractivity contribution < 1.29 is 32.1 Å². The molecule has 1 saturated heterocycles. The molecular formula is C32H46O7S2. The van der Waals surface area contributed by atoms with Crippen molar-refractivity contribution in [2.24, 2.45) is 17.8 Å². The van der Waals surface area contributed by atoms with E-state index in [0.717, 1.165) is 23.3 Å². The molecule has 7 nitrogen and oxygen atoms in total. The molecule has 1 heterocycles. The first-order chi connectivity index (χ1) is 19.6. The molecule has 0 N–H and O–H groups in total. The Hall–Kier alpha value is -1.88. The minimum atomic E-state index is -3.56. The minimum absolute atomic E-state index is 0.205. The van der Waals surface area contributed by atoms with Gasteiger partial charge < -0.3 is 23.7 Å². The summed E-state index contributed by atoms with van der Waals surface area (Å²) in [5.74, 6) is 0.939. The molecule has 41 heavy (non-hydrogen) atoms. The van der Waals surface area contributed by atoms with Crippen molar-refractivity contribution in [2.75, 3.05) is 27.6 Å². The van der Waals surface area contributed by atoms with E-state index in [1.165, 1.54) is 11.8 Å². The number of methoxy groups -OCH3 is 3. The van der Waals surface area contributed by atoms with Crippen molar-refractivity contribution >= 4 is 21.6 Å². The number of hydrogen-bond acceptors (Lipinski definition) is 8. The monoisotopic (exact) mass is 606 g/mol. The van der Waals surface area contributed by atoms with Crippen molar-refractivity contribution in [3.8, 4) is 5.75 Å². The summed E-state index contributed by atoms with van der Waals surface area (Å²) in [5, 5.41) is 0. The van der Waals surface area contributed by atoms with Crippen LogP contribution in [-0.2, 0) is 35.4 Å². The fourth-order valence-electron chi connectivity index (χ4n) is 5.72. The van der Waals surface area contributed by atoms with Crippen LogP contribution in [0.1, 0.15) is 39.7 Å². The Bertz CT molecular complexity index is 1200. The highest BCUT2D eigenvalue weighted by molar-refractivity contribution is 8.13. The van der Waals surface area contributed by atoms with Crippen LogP contribution in [0.5, 0.6) is 5.75 Å². The van der Waals surface area contributed by atoms with Gasteiger partial charge >= 0.3 is 0 Å². The van der Waals surface area contributed by atoms with E-state index in [4.69, 9.17) is 23.7 Å². The second kappa shape index (κ2) is 15.5. The molecule has 0 aromatic heterocycles. The van der Waals surface area contributed by atoms with E-state index < -0.39 is 26.6 Å². The van der Waals surface area contributed by atoms with Gasteiger partial charge in [-0.15, -0.1) is 11.8 Å². The molecular weight excluding hydrogens is 560 g/mol. The lowest BCUT2D eigenvalue weighted by Crippen LogP contribution is -2.51. The van der Waals surface area contributed by atoms with Crippen LogP contribution in [0.15, 0.2) is 71.1 Å². The molecule has 0 saturated carbocycles. The van der Waals surface area contributed by atoms with Gasteiger partial charge in [-0.25, -0.2) is 8.42 Å². The number of ether oxygens (including phenoxy) is 5. The summed E-state index contributed by atoms with van der Waals surface area (Å²) in [5.41, 5.74) is 1.88. The molecule has 0 radical (unpaired) electrons. The highest BCUT2D eigenvalue weighted by Gasteiger charge is 2.42. The maximum absolute atomic E-state index is 13.5. The summed E-state index contributed by atoms with van der Waals surface area (Å²) >= 11 is 1.34. The second-order valence-corrected chi connectivity index (χ2v) is 14.3. The Kier molecular flexibility index (Phi) is 12.8. The number of allylic oxidation sites excluding steroid dienone is 1. The quantitative estimate of drug-likeness (QED) is 0.230. The van der Waals surface area contributed by atoms with Crippen LogP contribution in [0.25, 0.3) is 0 Å². The van der Waals surface area contributed by atoms with Gasteiger partial charge in [-0.2, -0.15) is 0 Å². The third kappa shape index (κ3) is 8.36. The predicted molar refractivity (Wildman–Crippen MR) is 165 cm³/mol. The Morgan fingerprint density at radius 3 is 2.27 bits per heavy atom. The molecule has 228 valence electrons. The van der Waals surface area contributed by atoms with Crippen molar-refractivity contribution in [3.05, 3.63) is 71.8 Å². The van der Waals surface area contributed by atoms with Gasteiger partial charge in [-0.1, -0.05) is 57.2 Å². The van der Waals surface area contributed by atoms with E-state index in [-0.39, 0.29) is 30.1 Å². The Morgan fingerprint density at radius 1 is 1.05 bits per heavy atom. The largest absolute Gasteiger partial charge is 0.497 e. The van der Waals surface area contributed by atoms with E-state index in [1.807, 2.05) is 56.5 Å². The lowest BCUT2D eigenvalue weighted by molar-refractivity contribution is -0.255. The van der Waals surface area contributed by atoms with E-state index in [2.05, 4.69) is 13.8 Å². The molecule has 2 unspecified atom stereocenters. The molecule has 1 aliphatic heterocycles. The van der Waals surface area contributed by atoms with Crippen molar-refractivity contribution in [1.82, 2.24) is 0 Å². The van der Waals surface area contributed by atoms with Gasteiger partial charge in [0, 0.05) is 26.1 Å². The zero-order chi connectivity index (χ0) is 30.2. The molecule has 1 aliphatic rings. The number of thioether (sulfide) groups is 1. The third-order valence-corrected chi connectivity index (χ3v) is 12.0. The van der Waals surface area contributed by atoms with E-state index in [0.29, 0.717) is 11.5 Å². The van der Waals surface area contributed by atoms with Gasteiger partial charge in [-0.05, 0) is 60.9 Å². The van der Waals surface area contributed by atoms with Gasteiger partial charge in [0.25, 0.3) is 0 Å². The molecule has 8 atom stereocenters. The zero-order valence-electron chi connectivity index (χ0n) is 25.5. The molecule has 0 aliphatic carbocycles. The van der Waals surface area contributed by atoms with Crippen LogP contribution >= 0.6 is 11.8 Å².